The van der Waals surface area contributed by atoms with Gasteiger partial charge in [0.05, 0.1) is 12.2 Å². The lowest BCUT2D eigenvalue weighted by atomic mass is 9.84. The van der Waals surface area contributed by atoms with E-state index >= 15 is 0 Å². The van der Waals surface area contributed by atoms with Gasteiger partial charge in [-0.05, 0) is 25.0 Å². The monoisotopic (exact) mass is 292 g/mol. The molecule has 114 valence electrons. The predicted molar refractivity (Wildman–Crippen MR) is 77.7 cm³/mol. The van der Waals surface area contributed by atoms with Gasteiger partial charge < -0.3 is 9.64 Å². The van der Waals surface area contributed by atoms with E-state index in [2.05, 4.69) is 4.90 Å². The summed E-state index contributed by atoms with van der Waals surface area (Å²) in [6, 6.07) is 6.21. The highest BCUT2D eigenvalue weighted by molar-refractivity contribution is 5.94. The van der Waals surface area contributed by atoms with Gasteiger partial charge in [0, 0.05) is 38.8 Å². The summed E-state index contributed by atoms with van der Waals surface area (Å²) >= 11 is 0. The Morgan fingerprint density at radius 3 is 2.76 bits per heavy atom. The molecule has 0 aromatic heterocycles. The van der Waals surface area contributed by atoms with Crippen LogP contribution in [0.5, 0.6) is 0 Å². The van der Waals surface area contributed by atoms with Crippen LogP contribution in [0.4, 0.5) is 4.39 Å². The summed E-state index contributed by atoms with van der Waals surface area (Å²) in [7, 11) is 1.70. The van der Waals surface area contributed by atoms with Crippen LogP contribution in [0.25, 0.3) is 0 Å². The number of carbonyl (C=O) groups excluding carboxylic acids is 1. The molecular formula is C16H21FN2O2. The smallest absolute Gasteiger partial charge is 0.256 e. The summed E-state index contributed by atoms with van der Waals surface area (Å²) < 4.78 is 18.9. The number of likely N-dealkylation sites (tertiary alicyclic amines) is 2. The van der Waals surface area contributed by atoms with Gasteiger partial charge in [-0.2, -0.15) is 0 Å². The van der Waals surface area contributed by atoms with Crippen molar-refractivity contribution >= 4 is 5.91 Å². The number of hydrogen-bond donors (Lipinski definition) is 0. The molecule has 0 saturated carbocycles. The zero-order valence-corrected chi connectivity index (χ0v) is 12.3. The molecular weight excluding hydrogens is 271 g/mol. The first kappa shape index (κ1) is 14.5. The first-order chi connectivity index (χ1) is 10.2. The molecule has 1 spiro atoms. The number of nitrogens with zero attached hydrogens (tertiary/aromatic N) is 2. The van der Waals surface area contributed by atoms with Gasteiger partial charge in [0.25, 0.3) is 5.91 Å². The van der Waals surface area contributed by atoms with Gasteiger partial charge >= 0.3 is 0 Å². The van der Waals surface area contributed by atoms with Gasteiger partial charge in [-0.15, -0.1) is 0 Å². The van der Waals surface area contributed by atoms with Crippen LogP contribution >= 0.6 is 0 Å². The highest BCUT2D eigenvalue weighted by Crippen LogP contribution is 2.39. The fraction of sp³-hybridized carbons (Fsp3) is 0.562. The van der Waals surface area contributed by atoms with Crippen molar-refractivity contribution in [2.24, 2.45) is 0 Å². The van der Waals surface area contributed by atoms with Crippen LogP contribution in [0.3, 0.4) is 0 Å². The standard InChI is InChI=1S/C16H21FN2O2/c1-21-11-10-19-9-7-16(19)6-8-18(12-16)15(20)13-4-2-3-5-14(13)17/h2-5H,6-12H2,1H3. The molecule has 2 aliphatic heterocycles. The van der Waals surface area contributed by atoms with Crippen molar-refractivity contribution in [2.45, 2.75) is 18.4 Å². The number of halogens is 1. The molecule has 3 rings (SSSR count). The Morgan fingerprint density at radius 2 is 2.10 bits per heavy atom. The molecule has 0 aliphatic carbocycles. The van der Waals surface area contributed by atoms with Crippen molar-refractivity contribution in [2.75, 3.05) is 39.9 Å². The van der Waals surface area contributed by atoms with Gasteiger partial charge in [-0.25, -0.2) is 4.39 Å². The van der Waals surface area contributed by atoms with Crippen LogP contribution in [-0.4, -0.2) is 61.1 Å². The van der Waals surface area contributed by atoms with E-state index in [-0.39, 0.29) is 17.0 Å². The molecule has 5 heteroatoms. The maximum Gasteiger partial charge on any atom is 0.256 e. The van der Waals surface area contributed by atoms with Crippen molar-refractivity contribution in [3.8, 4) is 0 Å². The summed E-state index contributed by atoms with van der Waals surface area (Å²) in [4.78, 5) is 16.6. The first-order valence-corrected chi connectivity index (χ1v) is 7.44. The third-order valence-corrected chi connectivity index (χ3v) is 4.81. The number of benzene rings is 1. The third kappa shape index (κ3) is 2.56. The second-order valence-electron chi connectivity index (χ2n) is 5.91. The van der Waals surface area contributed by atoms with Crippen LogP contribution in [0, 0.1) is 5.82 Å². The lowest BCUT2D eigenvalue weighted by Gasteiger charge is -2.50. The van der Waals surface area contributed by atoms with Gasteiger partial charge in [-0.1, -0.05) is 12.1 Å². The maximum absolute atomic E-state index is 13.8. The molecule has 2 saturated heterocycles. The number of rotatable bonds is 4. The summed E-state index contributed by atoms with van der Waals surface area (Å²) in [5.41, 5.74) is 0.275. The largest absolute Gasteiger partial charge is 0.383 e. The summed E-state index contributed by atoms with van der Waals surface area (Å²) in [6.45, 7) is 4.08. The Labute approximate surface area is 124 Å². The molecule has 1 aromatic carbocycles. The van der Waals surface area contributed by atoms with E-state index in [9.17, 15) is 9.18 Å². The Kier molecular flexibility index (Phi) is 3.95. The van der Waals surface area contributed by atoms with Gasteiger partial charge in [0.1, 0.15) is 5.82 Å². The number of ether oxygens (including phenoxy) is 1. The Morgan fingerprint density at radius 1 is 1.33 bits per heavy atom. The first-order valence-electron chi connectivity index (χ1n) is 7.44. The molecule has 2 fully saturated rings. The topological polar surface area (TPSA) is 32.8 Å². The highest BCUT2D eigenvalue weighted by atomic mass is 19.1. The number of amides is 1. The minimum absolute atomic E-state index is 0.0967. The molecule has 0 bridgehead atoms. The van der Waals surface area contributed by atoms with E-state index in [1.165, 1.54) is 6.07 Å². The average Bonchev–Trinajstić information content (AvgIpc) is 2.94. The number of hydrogen-bond acceptors (Lipinski definition) is 3. The Hall–Kier alpha value is -1.46. The predicted octanol–water partition coefficient (Wildman–Crippen LogP) is 1.76. The molecule has 21 heavy (non-hydrogen) atoms. The van der Waals surface area contributed by atoms with Crippen molar-refractivity contribution in [3.05, 3.63) is 35.6 Å². The van der Waals surface area contributed by atoms with E-state index in [1.807, 2.05) is 0 Å². The van der Waals surface area contributed by atoms with Crippen LogP contribution in [0.1, 0.15) is 23.2 Å². The van der Waals surface area contributed by atoms with Crippen molar-refractivity contribution in [3.63, 3.8) is 0 Å². The zero-order valence-electron chi connectivity index (χ0n) is 12.3. The van der Waals surface area contributed by atoms with E-state index < -0.39 is 5.82 Å². The van der Waals surface area contributed by atoms with E-state index in [0.29, 0.717) is 19.7 Å². The van der Waals surface area contributed by atoms with Crippen molar-refractivity contribution in [1.82, 2.24) is 9.80 Å². The molecule has 0 radical (unpaired) electrons. The highest BCUT2D eigenvalue weighted by Gasteiger charge is 2.49. The molecule has 2 heterocycles. The minimum Gasteiger partial charge on any atom is -0.383 e. The third-order valence-electron chi connectivity index (χ3n) is 4.81. The summed E-state index contributed by atoms with van der Waals surface area (Å²) in [6.07, 6.45) is 2.08. The lowest BCUT2D eigenvalue weighted by Crippen LogP contribution is -2.62. The molecule has 0 N–H and O–H groups in total. The van der Waals surface area contributed by atoms with Crippen LogP contribution < -0.4 is 0 Å². The van der Waals surface area contributed by atoms with Crippen LogP contribution in [-0.2, 0) is 4.74 Å². The second kappa shape index (κ2) is 5.73. The van der Waals surface area contributed by atoms with Gasteiger partial charge in [0.2, 0.25) is 0 Å². The lowest BCUT2D eigenvalue weighted by molar-refractivity contribution is -0.0213. The zero-order chi connectivity index (χ0) is 14.9. The van der Waals surface area contributed by atoms with E-state index in [1.54, 1.807) is 30.2 Å². The van der Waals surface area contributed by atoms with Crippen LogP contribution in [0.2, 0.25) is 0 Å². The molecule has 1 amide bonds. The number of carbonyl (C=O) groups is 1. The fourth-order valence-electron chi connectivity index (χ4n) is 3.43. The molecule has 1 aromatic rings. The van der Waals surface area contributed by atoms with Crippen molar-refractivity contribution < 1.29 is 13.9 Å². The summed E-state index contributed by atoms with van der Waals surface area (Å²) in [5.74, 6) is -0.628. The van der Waals surface area contributed by atoms with Crippen molar-refractivity contribution in [1.29, 1.82) is 0 Å². The second-order valence-corrected chi connectivity index (χ2v) is 5.91. The Bertz CT molecular complexity index is 537. The Balaban J connectivity index is 1.67. The van der Waals surface area contributed by atoms with E-state index in [0.717, 1.165) is 25.9 Å². The minimum atomic E-state index is -0.437. The quantitative estimate of drug-likeness (QED) is 0.848. The van der Waals surface area contributed by atoms with Crippen LogP contribution in [0.15, 0.2) is 24.3 Å². The normalized spacial score (nSPS) is 25.3. The van der Waals surface area contributed by atoms with Gasteiger partial charge in [0.15, 0.2) is 0 Å². The molecule has 4 nitrogen and oxygen atoms in total. The summed E-state index contributed by atoms with van der Waals surface area (Å²) in [5, 5.41) is 0. The molecule has 1 atom stereocenters. The maximum atomic E-state index is 13.8. The SMILES string of the molecule is COCCN1CCC12CCN(C(=O)c1ccccc1F)C2. The average molecular weight is 292 g/mol. The molecule has 2 aliphatic rings. The number of methoxy groups -OCH3 is 1. The van der Waals surface area contributed by atoms with Gasteiger partial charge in [-0.3, -0.25) is 9.69 Å². The molecule has 1 unspecified atom stereocenters. The van der Waals surface area contributed by atoms with E-state index in [4.69, 9.17) is 4.74 Å². The fourth-order valence-corrected chi connectivity index (χ4v) is 3.43.